The normalized spacial score (nSPS) is 52.1. The second kappa shape index (κ2) is 25.5. The summed E-state index contributed by atoms with van der Waals surface area (Å²) in [7, 11) is 0. The zero-order chi connectivity index (χ0) is 55.9. The fourth-order valence-electron chi connectivity index (χ4n) is 10.4. The summed E-state index contributed by atoms with van der Waals surface area (Å²) in [6.45, 7) is -3.86. The summed E-state index contributed by atoms with van der Waals surface area (Å²) in [5, 5.41) is 178. The number of hydrogen-bond donors (Lipinski definition) is 16. The number of rotatable bonds is 10. The van der Waals surface area contributed by atoms with Crippen LogP contribution in [0.4, 0.5) is 0 Å². The molecule has 0 spiro atoms. The summed E-state index contributed by atoms with van der Waals surface area (Å²) in [6.07, 6.45) is -59.9. The van der Waals surface area contributed by atoms with E-state index < -0.39 is 248 Å². The molecule has 31 atom stereocenters. The van der Waals surface area contributed by atoms with Gasteiger partial charge in [0.2, 0.25) is 0 Å². The van der Waals surface area contributed by atoms with E-state index in [-0.39, 0.29) is 6.61 Å². The first-order valence-corrected chi connectivity index (χ1v) is 24.7. The Hall–Kier alpha value is -2.26. The molecule has 0 amide bonds. The van der Waals surface area contributed by atoms with E-state index >= 15 is 0 Å². The summed E-state index contributed by atoms with van der Waals surface area (Å²) in [4.78, 5) is 34.5. The Morgan fingerprint density at radius 2 is 0.662 bits per heavy atom. The number of carbonyl (C=O) groups is 2. The van der Waals surface area contributed by atoms with Crippen LogP contribution in [0.2, 0.25) is 0 Å². The van der Waals surface area contributed by atoms with Crippen molar-refractivity contribution in [2.75, 3.05) is 46.2 Å². The summed E-state index contributed by atoms with van der Waals surface area (Å²) < 4.78 is 82.1. The molecule has 444 valence electrons. The van der Waals surface area contributed by atoms with Crippen LogP contribution in [0.3, 0.4) is 0 Å². The van der Waals surface area contributed by atoms with Crippen molar-refractivity contribution in [3.63, 3.8) is 0 Å². The van der Waals surface area contributed by atoms with Crippen molar-refractivity contribution in [2.24, 2.45) is 0 Å². The summed E-state index contributed by atoms with van der Waals surface area (Å²) in [6, 6.07) is 0. The van der Waals surface area contributed by atoms with Crippen LogP contribution in [0, 0.1) is 0 Å². The first-order chi connectivity index (χ1) is 36.7. The molecule has 23 heterocycles. The first kappa shape index (κ1) is 60.8. The average molecular weight is 1130 g/mol. The Kier molecular flexibility index (Phi) is 20.1. The predicted molar refractivity (Wildman–Crippen MR) is 229 cm³/mol. The van der Waals surface area contributed by atoms with Crippen LogP contribution in [0.5, 0.6) is 0 Å². The van der Waals surface area contributed by atoms with Gasteiger partial charge in [0.25, 0.3) is 0 Å². The van der Waals surface area contributed by atoms with Gasteiger partial charge in [0, 0.05) is 6.61 Å². The minimum atomic E-state index is -2.33. The van der Waals surface area contributed by atoms with Gasteiger partial charge in [0.15, 0.2) is 43.3 Å². The second-order valence-electron chi connectivity index (χ2n) is 19.6. The van der Waals surface area contributed by atoms with Crippen molar-refractivity contribution in [3.05, 3.63) is 0 Å². The van der Waals surface area contributed by atoms with E-state index in [0.717, 1.165) is 6.92 Å². The van der Waals surface area contributed by atoms with Gasteiger partial charge in [-0.15, -0.1) is 0 Å². The van der Waals surface area contributed by atoms with Crippen LogP contribution in [0.25, 0.3) is 0 Å². The van der Waals surface area contributed by atoms with Crippen LogP contribution < -0.4 is 0 Å². The molecule has 0 aromatic rings. The van der Waals surface area contributed by atoms with E-state index in [1.54, 1.807) is 0 Å². The first-order valence-electron chi connectivity index (χ1n) is 24.7. The molecule has 12 bridgehead atoms. The Bertz CT molecular complexity index is 1920. The van der Waals surface area contributed by atoms with Crippen LogP contribution in [0.15, 0.2) is 0 Å². The van der Waals surface area contributed by atoms with Crippen molar-refractivity contribution in [1.82, 2.24) is 0 Å². The third kappa shape index (κ3) is 12.0. The topological polar surface area (TPSA) is 506 Å². The van der Waals surface area contributed by atoms with Crippen LogP contribution in [-0.2, 0) is 85.7 Å². The molecule has 0 aromatic heterocycles. The van der Waals surface area contributed by atoms with Crippen LogP contribution in [0.1, 0.15) is 20.3 Å². The van der Waals surface area contributed by atoms with E-state index in [1.165, 1.54) is 6.92 Å². The zero-order valence-corrected chi connectivity index (χ0v) is 41.0. The van der Waals surface area contributed by atoms with Crippen molar-refractivity contribution < 1.29 is 167 Å². The third-order valence-corrected chi connectivity index (χ3v) is 14.5. The quantitative estimate of drug-likeness (QED) is 0.0903. The molecule has 0 radical (unpaired) electrons. The third-order valence-electron chi connectivity index (χ3n) is 14.5. The van der Waals surface area contributed by atoms with Crippen molar-refractivity contribution in [2.45, 2.75) is 210 Å². The van der Waals surface area contributed by atoms with Gasteiger partial charge in [0.1, 0.15) is 146 Å². The Balaban J connectivity index is 1.16. The van der Waals surface area contributed by atoms with E-state index in [2.05, 4.69) is 9.78 Å². The minimum absolute atomic E-state index is 0.201. The molecule has 23 aliphatic rings. The Morgan fingerprint density at radius 1 is 0.390 bits per heavy atom. The molecule has 0 aliphatic carbocycles. The molecule has 0 aromatic carbocycles. The summed E-state index contributed by atoms with van der Waals surface area (Å²) in [5.41, 5.74) is -2.33. The predicted octanol–water partition coefficient (Wildman–Crippen LogP) is -11.8. The highest BCUT2D eigenvalue weighted by atomic mass is 17.2. The summed E-state index contributed by atoms with van der Waals surface area (Å²) in [5.74, 6) is -2.44. The molecule has 0 saturated carbocycles. The zero-order valence-electron chi connectivity index (χ0n) is 41.0. The SMILES string of the molecule is CCO[C@@H]1[C@@H](O)[C@H]2O[C@H]3[C@H](O)[C@@H](O)[C@@H](O[C@H]4[C@H](O)[C@@H](O)[C@@H](O[C@H]5[C@H](O)[C@@H](O)[C@@H](O[C@H]6[C@H](O)[C@@H](O)[C@@H](O[C@@H]7[C@H](OC8(C)CC(=O)OOC8=O)[C@@H](O)[C@@H](O[C@H]1[C@@H](CO)O2)O[C@@H]7CO)O[C@@H]6CO)O[C@@H]5CO)O[C@@H]4CO)O[C@@H]3CO. The van der Waals surface area contributed by atoms with E-state index in [0.29, 0.717) is 0 Å². The Morgan fingerprint density at radius 3 is 0.974 bits per heavy atom. The highest BCUT2D eigenvalue weighted by Gasteiger charge is 2.61. The molecule has 16 N–H and O–H groups in total. The van der Waals surface area contributed by atoms with Gasteiger partial charge in [-0.25, -0.2) is 19.4 Å². The molecule has 23 fully saturated rings. The molecular formula is C43H68O34. The molecule has 23 rings (SSSR count). The molecule has 1 unspecified atom stereocenters. The summed E-state index contributed by atoms with van der Waals surface area (Å²) >= 11 is 0. The molecule has 23 aliphatic heterocycles. The van der Waals surface area contributed by atoms with Crippen molar-refractivity contribution in [1.29, 1.82) is 0 Å². The van der Waals surface area contributed by atoms with Gasteiger partial charge >= 0.3 is 11.9 Å². The maximum Gasteiger partial charge on any atom is 0.387 e. The number of hydrogen-bond acceptors (Lipinski definition) is 34. The van der Waals surface area contributed by atoms with Crippen molar-refractivity contribution in [3.8, 4) is 0 Å². The van der Waals surface area contributed by atoms with E-state index in [4.69, 9.17) is 66.3 Å². The fourth-order valence-corrected chi connectivity index (χ4v) is 10.4. The van der Waals surface area contributed by atoms with Gasteiger partial charge in [-0.3, -0.25) is 0 Å². The van der Waals surface area contributed by atoms with Crippen LogP contribution in [-0.4, -0.2) is 330 Å². The second-order valence-corrected chi connectivity index (χ2v) is 19.6. The van der Waals surface area contributed by atoms with Gasteiger partial charge in [0.05, 0.1) is 46.1 Å². The van der Waals surface area contributed by atoms with E-state index in [1.807, 2.05) is 0 Å². The fraction of sp³-hybridized carbons (Fsp3) is 0.953. The monoisotopic (exact) mass is 1130 g/mol. The average Bonchev–Trinajstić information content (AvgIpc) is 3.41. The van der Waals surface area contributed by atoms with Crippen LogP contribution >= 0.6 is 0 Å². The minimum Gasteiger partial charge on any atom is -0.394 e. The van der Waals surface area contributed by atoms with Gasteiger partial charge < -0.3 is 148 Å². The van der Waals surface area contributed by atoms with Gasteiger partial charge in [-0.1, -0.05) is 0 Å². The molecule has 23 saturated heterocycles. The molecule has 34 heteroatoms. The highest BCUT2D eigenvalue weighted by molar-refractivity contribution is 5.88. The molecular weight excluding hydrogens is 1060 g/mol. The number of aliphatic hydroxyl groups is 16. The maximum absolute atomic E-state index is 13.2. The van der Waals surface area contributed by atoms with E-state index in [9.17, 15) is 91.3 Å². The van der Waals surface area contributed by atoms with Gasteiger partial charge in [-0.2, -0.15) is 0 Å². The van der Waals surface area contributed by atoms with Crippen molar-refractivity contribution >= 4 is 11.9 Å². The smallest absolute Gasteiger partial charge is 0.387 e. The largest absolute Gasteiger partial charge is 0.394 e. The lowest BCUT2D eigenvalue weighted by Gasteiger charge is -2.51. The molecule has 34 nitrogen and oxygen atoms in total. The standard InChI is InChI=1S/C43H68O34/c1-3-62-34-26(59)40-67-15(9-48)32(34)73-41-27(60)35(75-43(2)4-17(50)76-77-42(43)61)33(16(10-49)68-41)74-39-25(58)21(54)30(13(7-46)66-39)71-37-23(56)19(52)28(11(5-44)64-37)69-36-22(55)18(51)29(12(6-45)63-36)70-38-24(57)20(53)31(72-40)14(8-47)65-38/h11-16,18-41,44-49,51-60H,3-10H2,1-2H3/t11-,12-,13-,14-,15-,16-,18-,19-,20-,21-,22-,23-,24-,25-,26-,27-,28-,29-,30-,31-,32+,33+,34-,35-,36-,37-,38-,39-,40-,41-,43?/m1/s1. The lowest BCUT2D eigenvalue weighted by Crippen LogP contribution is -2.70. The highest BCUT2D eigenvalue weighted by Crippen LogP contribution is 2.40. The lowest BCUT2D eigenvalue weighted by molar-refractivity contribution is -0.407. The number of carbonyl (C=O) groups excluding carboxylic acids is 2. The Labute approximate surface area is 435 Å². The maximum atomic E-state index is 13.2. The number of ether oxygens (including phenoxy) is 14. The van der Waals surface area contributed by atoms with Gasteiger partial charge in [-0.05, 0) is 13.8 Å². The lowest BCUT2D eigenvalue weighted by atomic mass is 9.93. The number of aliphatic hydroxyl groups excluding tert-OH is 16. The molecule has 77 heavy (non-hydrogen) atoms.